The van der Waals surface area contributed by atoms with Crippen LogP contribution in [0.5, 0.6) is 5.75 Å². The summed E-state index contributed by atoms with van der Waals surface area (Å²) in [6, 6.07) is 7.29. The first-order valence-corrected chi connectivity index (χ1v) is 8.40. The minimum atomic E-state index is -2.97. The molecule has 0 radical (unpaired) electrons. The molecular formula is C13H17ClO3S. The fourth-order valence-electron chi connectivity index (χ4n) is 2.32. The van der Waals surface area contributed by atoms with Crippen LogP contribution in [-0.2, 0) is 9.84 Å². The molecule has 2 atom stereocenters. The predicted octanol–water partition coefficient (Wildman–Crippen LogP) is 3.07. The van der Waals surface area contributed by atoms with Gasteiger partial charge in [0.15, 0.2) is 0 Å². The largest absolute Gasteiger partial charge is 0.489 e. The number of para-hydroxylation sites is 1. The number of hydrogen-bond donors (Lipinski definition) is 0. The van der Waals surface area contributed by atoms with Gasteiger partial charge in [0.05, 0.1) is 10.3 Å². The molecule has 100 valence electrons. The molecule has 0 heterocycles. The van der Waals surface area contributed by atoms with Crippen molar-refractivity contribution >= 4 is 21.4 Å². The van der Waals surface area contributed by atoms with Gasteiger partial charge in [0.2, 0.25) is 0 Å². The quantitative estimate of drug-likeness (QED) is 0.858. The lowest BCUT2D eigenvalue weighted by Crippen LogP contribution is -2.33. The Bertz CT molecular complexity index is 513. The Labute approximate surface area is 113 Å². The van der Waals surface area contributed by atoms with Gasteiger partial charge >= 0.3 is 0 Å². The molecule has 0 amide bonds. The maximum Gasteiger partial charge on any atom is 0.150 e. The van der Waals surface area contributed by atoms with Crippen LogP contribution in [0, 0.1) is 0 Å². The summed E-state index contributed by atoms with van der Waals surface area (Å²) in [6.45, 7) is 0. The van der Waals surface area contributed by atoms with Crippen LogP contribution in [-0.4, -0.2) is 26.0 Å². The van der Waals surface area contributed by atoms with E-state index in [2.05, 4.69) is 0 Å². The van der Waals surface area contributed by atoms with Crippen LogP contribution in [0.1, 0.15) is 25.7 Å². The van der Waals surface area contributed by atoms with Crippen molar-refractivity contribution in [3.05, 3.63) is 29.3 Å². The van der Waals surface area contributed by atoms with E-state index in [0.29, 0.717) is 17.2 Å². The zero-order valence-electron chi connectivity index (χ0n) is 10.3. The van der Waals surface area contributed by atoms with Crippen LogP contribution in [0.4, 0.5) is 0 Å². The lowest BCUT2D eigenvalue weighted by Gasteiger charge is -2.28. The molecule has 5 heteroatoms. The number of halogens is 1. The maximum atomic E-state index is 11.6. The Balaban J connectivity index is 2.05. The topological polar surface area (TPSA) is 43.4 Å². The summed E-state index contributed by atoms with van der Waals surface area (Å²) >= 11 is 6.03. The Morgan fingerprint density at radius 2 is 2.00 bits per heavy atom. The average molecular weight is 289 g/mol. The molecular weight excluding hydrogens is 272 g/mol. The third kappa shape index (κ3) is 3.39. The average Bonchev–Trinajstić information content (AvgIpc) is 2.31. The van der Waals surface area contributed by atoms with Crippen LogP contribution < -0.4 is 4.74 Å². The number of rotatable bonds is 3. The van der Waals surface area contributed by atoms with E-state index in [1.165, 1.54) is 6.26 Å². The van der Waals surface area contributed by atoms with Gasteiger partial charge in [-0.2, -0.15) is 0 Å². The molecule has 1 aromatic rings. The summed E-state index contributed by atoms with van der Waals surface area (Å²) in [5.41, 5.74) is 0. The second kappa shape index (κ2) is 5.49. The summed E-state index contributed by atoms with van der Waals surface area (Å²) in [5, 5.41) is 0.290. The van der Waals surface area contributed by atoms with Gasteiger partial charge in [0.1, 0.15) is 21.7 Å². The van der Waals surface area contributed by atoms with Crippen LogP contribution in [0.2, 0.25) is 5.02 Å². The lowest BCUT2D eigenvalue weighted by atomic mass is 9.97. The molecule has 1 aromatic carbocycles. The third-order valence-corrected chi connectivity index (χ3v) is 5.27. The van der Waals surface area contributed by atoms with Gasteiger partial charge in [-0.15, -0.1) is 0 Å². The number of benzene rings is 1. The molecule has 1 saturated carbocycles. The summed E-state index contributed by atoms with van der Waals surface area (Å²) in [7, 11) is -2.97. The van der Waals surface area contributed by atoms with Crippen molar-refractivity contribution in [3.8, 4) is 5.75 Å². The summed E-state index contributed by atoms with van der Waals surface area (Å²) < 4.78 is 29.0. The minimum absolute atomic E-state index is 0.0571. The van der Waals surface area contributed by atoms with Crippen LogP contribution >= 0.6 is 11.6 Å². The van der Waals surface area contributed by atoms with E-state index in [0.717, 1.165) is 19.3 Å². The first kappa shape index (κ1) is 13.7. The van der Waals surface area contributed by atoms with Crippen molar-refractivity contribution in [1.82, 2.24) is 0 Å². The standard InChI is InChI=1S/C13H17ClO3S/c1-18(15,16)11-6-4-5-10(9-11)17-13-8-3-2-7-12(13)14/h2-3,7-8,10-11H,4-6,9H2,1H3. The summed E-state index contributed by atoms with van der Waals surface area (Å²) in [4.78, 5) is 0. The van der Waals surface area contributed by atoms with Crippen molar-refractivity contribution in [2.75, 3.05) is 6.26 Å². The van der Waals surface area contributed by atoms with E-state index in [1.54, 1.807) is 6.07 Å². The molecule has 1 aliphatic rings. The highest BCUT2D eigenvalue weighted by Gasteiger charge is 2.30. The fourth-order valence-corrected chi connectivity index (χ4v) is 3.66. The van der Waals surface area contributed by atoms with Crippen LogP contribution in [0.15, 0.2) is 24.3 Å². The van der Waals surface area contributed by atoms with Crippen molar-refractivity contribution in [2.24, 2.45) is 0 Å². The molecule has 0 aromatic heterocycles. The maximum absolute atomic E-state index is 11.6. The van der Waals surface area contributed by atoms with Gasteiger partial charge in [-0.25, -0.2) is 8.42 Å². The van der Waals surface area contributed by atoms with Crippen molar-refractivity contribution < 1.29 is 13.2 Å². The highest BCUT2D eigenvalue weighted by atomic mass is 35.5. The fraction of sp³-hybridized carbons (Fsp3) is 0.538. The van der Waals surface area contributed by atoms with Gasteiger partial charge in [-0.3, -0.25) is 0 Å². The second-order valence-corrected chi connectivity index (χ2v) is 7.52. The molecule has 3 nitrogen and oxygen atoms in total. The van der Waals surface area contributed by atoms with Crippen molar-refractivity contribution in [2.45, 2.75) is 37.0 Å². The van der Waals surface area contributed by atoms with Crippen LogP contribution in [0.3, 0.4) is 0 Å². The van der Waals surface area contributed by atoms with Crippen molar-refractivity contribution in [1.29, 1.82) is 0 Å². The van der Waals surface area contributed by atoms with E-state index in [9.17, 15) is 8.42 Å². The molecule has 18 heavy (non-hydrogen) atoms. The Kier molecular flexibility index (Phi) is 4.17. The normalized spacial score (nSPS) is 24.8. The Morgan fingerprint density at radius 3 is 2.67 bits per heavy atom. The predicted molar refractivity (Wildman–Crippen MR) is 73.0 cm³/mol. The van der Waals surface area contributed by atoms with Crippen molar-refractivity contribution in [3.63, 3.8) is 0 Å². The van der Waals surface area contributed by atoms with E-state index < -0.39 is 9.84 Å². The summed E-state index contributed by atoms with van der Waals surface area (Å²) in [6.07, 6.45) is 4.31. The Morgan fingerprint density at radius 1 is 1.28 bits per heavy atom. The van der Waals surface area contributed by atoms with E-state index in [-0.39, 0.29) is 11.4 Å². The summed E-state index contributed by atoms with van der Waals surface area (Å²) in [5.74, 6) is 0.637. The molecule has 0 saturated heterocycles. The SMILES string of the molecule is CS(=O)(=O)C1CCCC(Oc2ccccc2Cl)C1. The Hall–Kier alpha value is -0.740. The molecule has 1 fully saturated rings. The third-order valence-electron chi connectivity index (χ3n) is 3.31. The zero-order chi connectivity index (χ0) is 13.2. The molecule has 0 bridgehead atoms. The van der Waals surface area contributed by atoms with Gasteiger partial charge in [-0.05, 0) is 31.4 Å². The monoisotopic (exact) mass is 288 g/mol. The molecule has 2 rings (SSSR count). The second-order valence-electron chi connectivity index (χ2n) is 4.79. The zero-order valence-corrected chi connectivity index (χ0v) is 11.9. The number of sulfone groups is 1. The molecule has 0 spiro atoms. The smallest absolute Gasteiger partial charge is 0.150 e. The molecule has 2 unspecified atom stereocenters. The van der Waals surface area contributed by atoms with E-state index >= 15 is 0 Å². The minimum Gasteiger partial charge on any atom is -0.489 e. The first-order chi connectivity index (χ1) is 8.47. The van der Waals surface area contributed by atoms with E-state index in [4.69, 9.17) is 16.3 Å². The van der Waals surface area contributed by atoms with Gasteiger partial charge in [0.25, 0.3) is 0 Å². The van der Waals surface area contributed by atoms with E-state index in [1.807, 2.05) is 18.2 Å². The first-order valence-electron chi connectivity index (χ1n) is 6.07. The highest BCUT2D eigenvalue weighted by Crippen LogP contribution is 2.30. The van der Waals surface area contributed by atoms with Gasteiger partial charge in [0, 0.05) is 12.7 Å². The number of hydrogen-bond acceptors (Lipinski definition) is 3. The molecule has 0 N–H and O–H groups in total. The lowest BCUT2D eigenvalue weighted by molar-refractivity contribution is 0.156. The number of ether oxygens (including phenoxy) is 1. The molecule has 1 aliphatic carbocycles. The van der Waals surface area contributed by atoms with Gasteiger partial charge < -0.3 is 4.74 Å². The highest BCUT2D eigenvalue weighted by molar-refractivity contribution is 7.91. The van der Waals surface area contributed by atoms with Crippen LogP contribution in [0.25, 0.3) is 0 Å². The molecule has 0 aliphatic heterocycles. The van der Waals surface area contributed by atoms with Gasteiger partial charge in [-0.1, -0.05) is 23.7 Å².